The Morgan fingerprint density at radius 2 is 1.48 bits per heavy atom. The van der Waals surface area contributed by atoms with Gasteiger partial charge in [0.15, 0.2) is 0 Å². The maximum absolute atomic E-state index is 11.3. The van der Waals surface area contributed by atoms with Crippen molar-refractivity contribution in [2.75, 3.05) is 6.61 Å². The Balaban J connectivity index is 1.09. The van der Waals surface area contributed by atoms with Gasteiger partial charge in [0.05, 0.1) is 0 Å². The second-order valence-corrected chi connectivity index (χ2v) is 36.4. The van der Waals surface area contributed by atoms with Crippen molar-refractivity contribution in [3.05, 3.63) is 0 Å². The van der Waals surface area contributed by atoms with Gasteiger partial charge in [0.25, 0.3) is 0 Å². The molecule has 0 saturated carbocycles. The van der Waals surface area contributed by atoms with Crippen LogP contribution in [0, 0.1) is 5.92 Å². The molecule has 10 aliphatic rings. The van der Waals surface area contributed by atoms with Crippen LogP contribution in [0.3, 0.4) is 0 Å². The molecule has 0 aromatic heterocycles. The van der Waals surface area contributed by atoms with Crippen molar-refractivity contribution in [2.45, 2.75) is 86.4 Å². The molecule has 10 fully saturated rings. The summed E-state index contributed by atoms with van der Waals surface area (Å²) in [5.41, 5.74) is 0. The minimum atomic E-state index is -3.04. The van der Waals surface area contributed by atoms with Gasteiger partial charge in [0.1, 0.15) is 0 Å². The van der Waals surface area contributed by atoms with Crippen molar-refractivity contribution >= 4 is 0 Å². The molecule has 0 aromatic rings. The van der Waals surface area contributed by atoms with Crippen molar-refractivity contribution in [2.24, 2.45) is 5.92 Å². The number of aliphatic hydroxyl groups excluding tert-OH is 2. The first-order valence-electron chi connectivity index (χ1n) is 9.42. The van der Waals surface area contributed by atoms with Crippen LogP contribution < -0.4 is 0 Å². The summed E-state index contributed by atoms with van der Waals surface area (Å²) >= 11 is 0. The van der Waals surface area contributed by atoms with Gasteiger partial charge in [-0.05, 0) is 0 Å². The quantitative estimate of drug-likeness (QED) is 0.684. The Kier molecular flexibility index (Phi) is 0.444. The number of fused-ring (bicyclic) bond motifs is 10. The number of hydrogen-bond donors (Lipinski definition) is 2. The molecule has 6 unspecified atom stereocenters. The molecule has 10 aliphatic heterocycles. The van der Waals surface area contributed by atoms with Crippen molar-refractivity contribution in [1.82, 2.24) is 0 Å². The fraction of sp³-hybridized carbons (Fsp3) is 1.00. The van der Waals surface area contributed by atoms with Crippen molar-refractivity contribution in [3.63, 3.8) is 0 Å². The molecule has 2 N–H and O–H groups in total. The Labute approximate surface area is 116 Å². The summed E-state index contributed by atoms with van der Waals surface area (Å²) < 4.78 is 0.690. The normalized spacial score (nSPS) is 102. The SMILES string of the molecule is CC(CCCO)CCC(O)[C]12[CH]3[CH]4[CH]5[CH]1[Fe]45321678[CH]2[CH]1[CH]6[CH]7[CH]28. The van der Waals surface area contributed by atoms with Crippen LogP contribution in [0.1, 0.15) is 32.6 Å². The minimum absolute atomic E-state index is 0.128. The zero-order valence-corrected chi connectivity index (χ0v) is 13.7. The van der Waals surface area contributed by atoms with E-state index < -0.39 is 6.51 Å². The Hall–Kier alpha value is 0.439. The average molecular weight is 330 g/mol. The Morgan fingerprint density at radius 1 is 0.905 bits per heavy atom. The number of rotatable bonds is 7. The third-order valence-electron chi connectivity index (χ3n) is 17.1. The molecular weight excluding hydrogens is 304 g/mol. The summed E-state index contributed by atoms with van der Waals surface area (Å²) in [6, 6.07) is 0. The molecule has 10 rings (SSSR count). The first-order chi connectivity index (χ1) is 9.92. The van der Waals surface area contributed by atoms with E-state index in [2.05, 4.69) is 6.92 Å². The molecule has 0 aromatic carbocycles. The summed E-state index contributed by atoms with van der Waals surface area (Å²) in [6.45, 7) is -0.382. The summed E-state index contributed by atoms with van der Waals surface area (Å²) in [4.78, 5) is 11.9. The number of aliphatic hydroxyl groups is 2. The fourth-order valence-electron chi connectivity index (χ4n) is 18.5. The molecule has 6 atom stereocenters. The van der Waals surface area contributed by atoms with Gasteiger partial charge in [-0.1, -0.05) is 0 Å². The second kappa shape index (κ2) is 0.966. The molecule has 2 nitrogen and oxygen atoms in total. The third kappa shape index (κ3) is 0.133. The summed E-state index contributed by atoms with van der Waals surface area (Å²) in [6.07, 6.45) is 4.53. The molecule has 10 heterocycles. The van der Waals surface area contributed by atoms with Crippen LogP contribution in [0.5, 0.6) is 0 Å². The van der Waals surface area contributed by atoms with E-state index in [1.165, 1.54) is 49.8 Å². The van der Waals surface area contributed by atoms with E-state index in [9.17, 15) is 5.11 Å². The molecule has 0 radical (unpaired) electrons. The molecule has 118 valence electrons. The van der Waals surface area contributed by atoms with Gasteiger partial charge in [-0.25, -0.2) is 0 Å². The van der Waals surface area contributed by atoms with Crippen LogP contribution in [-0.2, 0) is 6.51 Å². The van der Waals surface area contributed by atoms with Crippen LogP contribution in [-0.4, -0.2) is 22.9 Å². The molecular formula is C18H26FeO2. The van der Waals surface area contributed by atoms with Crippen LogP contribution >= 0.6 is 0 Å². The predicted molar refractivity (Wildman–Crippen MR) is 77.2 cm³/mol. The topological polar surface area (TPSA) is 40.5 Å². The monoisotopic (exact) mass is 330 g/mol. The van der Waals surface area contributed by atoms with Gasteiger partial charge in [-0.3, -0.25) is 0 Å². The van der Waals surface area contributed by atoms with Gasteiger partial charge in [-0.15, -0.1) is 0 Å². The van der Waals surface area contributed by atoms with Gasteiger partial charge in [0.2, 0.25) is 0 Å². The van der Waals surface area contributed by atoms with E-state index in [1.807, 2.05) is 0 Å². The van der Waals surface area contributed by atoms with Gasteiger partial charge in [-0.2, -0.15) is 0 Å². The number of hydrogen-bond acceptors (Lipinski definition) is 2. The van der Waals surface area contributed by atoms with Crippen LogP contribution in [0.25, 0.3) is 0 Å². The van der Waals surface area contributed by atoms with Gasteiger partial charge >= 0.3 is 116 Å². The Bertz CT molecular complexity index is 932. The molecule has 10 saturated heterocycles. The molecule has 0 amide bonds. The van der Waals surface area contributed by atoms with Crippen LogP contribution in [0.15, 0.2) is 0 Å². The second-order valence-electron chi connectivity index (χ2n) is 12.8. The average Bonchev–Trinajstić information content (AvgIpc) is 3.42. The summed E-state index contributed by atoms with van der Waals surface area (Å²) in [5, 5.41) is 20.3. The third-order valence-corrected chi connectivity index (χ3v) is 59.8. The van der Waals surface area contributed by atoms with E-state index >= 15 is 0 Å². The molecule has 21 heavy (non-hydrogen) atoms. The van der Waals surface area contributed by atoms with E-state index in [1.54, 1.807) is 0 Å². The molecule has 3 heteroatoms. The summed E-state index contributed by atoms with van der Waals surface area (Å²) in [5.74, 6) is 0.695. The zero-order valence-electron chi connectivity index (χ0n) is 12.6. The van der Waals surface area contributed by atoms with Crippen molar-refractivity contribution in [1.29, 1.82) is 0 Å². The standard InChI is InChI=1S/C13H21O2.C5H5.Fe/c1-11(5-4-10-14)8-9-13(15)12-6-2-3-7-12;1-2-4-5-3-1;/h2-3,6-7,11,13-15H,4-5,8-10H2,1H3;1-5H;. The summed E-state index contributed by atoms with van der Waals surface area (Å²) in [7, 11) is 0. The zero-order chi connectivity index (χ0) is 13.7. The van der Waals surface area contributed by atoms with Crippen LogP contribution in [0.4, 0.5) is 0 Å². The van der Waals surface area contributed by atoms with Crippen LogP contribution in [0.2, 0.25) is 47.7 Å². The van der Waals surface area contributed by atoms with Crippen molar-refractivity contribution in [3.8, 4) is 0 Å². The molecule has 1 spiro atoms. The van der Waals surface area contributed by atoms with E-state index in [0.29, 0.717) is 16.8 Å². The Morgan fingerprint density at radius 3 is 1.86 bits per heavy atom. The first kappa shape index (κ1) is 9.67. The maximum atomic E-state index is 11.3. The van der Waals surface area contributed by atoms with E-state index in [-0.39, 0.29) is 6.10 Å². The molecule has 0 bridgehead atoms. The first-order valence-corrected chi connectivity index (χ1v) is 15.7. The van der Waals surface area contributed by atoms with Gasteiger partial charge in [0, 0.05) is 0 Å². The van der Waals surface area contributed by atoms with Crippen molar-refractivity contribution < 1.29 is 16.7 Å². The van der Waals surface area contributed by atoms with E-state index in [4.69, 9.17) is 5.11 Å². The predicted octanol–water partition coefficient (Wildman–Crippen LogP) is 4.30. The molecule has 0 aliphatic carbocycles. The van der Waals surface area contributed by atoms with E-state index in [0.717, 1.165) is 19.3 Å². The van der Waals surface area contributed by atoms with Gasteiger partial charge < -0.3 is 0 Å². The fourth-order valence-corrected chi connectivity index (χ4v) is 93.6.